The van der Waals surface area contributed by atoms with E-state index in [1.807, 2.05) is 12.1 Å². The summed E-state index contributed by atoms with van der Waals surface area (Å²) >= 11 is 0. The fraction of sp³-hybridized carbons (Fsp3) is 0.462. The van der Waals surface area contributed by atoms with Crippen LogP contribution < -0.4 is 5.32 Å². The van der Waals surface area contributed by atoms with E-state index < -0.39 is 0 Å². The third-order valence-electron chi connectivity index (χ3n) is 8.28. The molecule has 0 unspecified atom stereocenters. The van der Waals surface area contributed by atoms with Crippen LogP contribution in [0.2, 0.25) is 0 Å². The summed E-state index contributed by atoms with van der Waals surface area (Å²) in [4.78, 5) is 17.4. The number of carbonyl (C=O) groups is 1. The van der Waals surface area contributed by atoms with Crippen molar-refractivity contribution in [3.05, 3.63) is 53.1 Å². The smallest absolute Gasteiger partial charge is 0.300 e. The van der Waals surface area contributed by atoms with Gasteiger partial charge in [-0.15, -0.1) is 0 Å². The van der Waals surface area contributed by atoms with E-state index in [0.29, 0.717) is 29.6 Å². The van der Waals surface area contributed by atoms with Crippen molar-refractivity contribution < 1.29 is 9.21 Å². The molecular weight excluding hydrogens is 372 g/mol. The molecular formula is C26H28N2O2. The van der Waals surface area contributed by atoms with E-state index in [2.05, 4.69) is 43.4 Å². The molecule has 4 atom stereocenters. The standard InChI is InChI=1S/C26H28N2O2/c1-15-3-5-16(6-4-15)27-25-28-24-20-8-7-19-18(17(20)9-11-22(24)30-25)13-14-26(2)21(19)10-12-23(26)29/h3-6,9,11,18-19,21H,7-8,10,12-14H2,1-2H3,(H,27,28)/t18-,19-,21+,26+/m1/s1. The topological polar surface area (TPSA) is 55.1 Å². The number of aryl methyl sites for hydroxylation is 2. The zero-order valence-corrected chi connectivity index (χ0v) is 17.7. The first-order valence-electron chi connectivity index (χ1n) is 11.3. The van der Waals surface area contributed by atoms with Gasteiger partial charge < -0.3 is 9.73 Å². The van der Waals surface area contributed by atoms with Crippen LogP contribution in [-0.4, -0.2) is 10.8 Å². The minimum absolute atomic E-state index is 0.0677. The SMILES string of the molecule is Cc1ccc(Nc2nc3c4c(ccc3o2)[C@H]2CC[C@]3(C)C(=O)CC[C@H]3[C@@H]2CC4)cc1. The van der Waals surface area contributed by atoms with E-state index in [-0.39, 0.29) is 5.41 Å². The Morgan fingerprint density at radius 3 is 2.73 bits per heavy atom. The molecule has 30 heavy (non-hydrogen) atoms. The maximum Gasteiger partial charge on any atom is 0.300 e. The van der Waals surface area contributed by atoms with E-state index in [4.69, 9.17) is 9.40 Å². The summed E-state index contributed by atoms with van der Waals surface area (Å²) in [5.74, 6) is 2.27. The molecule has 2 saturated carbocycles. The van der Waals surface area contributed by atoms with Crippen LogP contribution in [0.3, 0.4) is 0 Å². The molecule has 3 aliphatic rings. The second kappa shape index (κ2) is 6.44. The van der Waals surface area contributed by atoms with Crippen molar-refractivity contribution in [1.29, 1.82) is 0 Å². The van der Waals surface area contributed by atoms with Gasteiger partial charge in [-0.3, -0.25) is 4.79 Å². The van der Waals surface area contributed by atoms with Gasteiger partial charge in [-0.1, -0.05) is 30.7 Å². The van der Waals surface area contributed by atoms with Crippen molar-refractivity contribution in [1.82, 2.24) is 4.98 Å². The van der Waals surface area contributed by atoms with Crippen molar-refractivity contribution in [2.45, 2.75) is 58.3 Å². The number of nitrogens with zero attached hydrogens (tertiary/aromatic N) is 1. The normalized spacial score (nSPS) is 30.1. The molecule has 3 aliphatic carbocycles. The highest BCUT2D eigenvalue weighted by atomic mass is 16.4. The Labute approximate surface area is 177 Å². The molecule has 3 aromatic rings. The number of benzene rings is 2. The number of aromatic nitrogens is 1. The van der Waals surface area contributed by atoms with Gasteiger partial charge in [-0.2, -0.15) is 4.98 Å². The molecule has 0 radical (unpaired) electrons. The fourth-order valence-electron chi connectivity index (χ4n) is 6.65. The van der Waals surface area contributed by atoms with Gasteiger partial charge >= 0.3 is 0 Å². The second-order valence-corrected chi connectivity index (χ2v) is 9.82. The summed E-state index contributed by atoms with van der Waals surface area (Å²) in [6.45, 7) is 4.32. The van der Waals surface area contributed by atoms with Crippen LogP contribution in [0.4, 0.5) is 11.7 Å². The van der Waals surface area contributed by atoms with Gasteiger partial charge in [0.05, 0.1) is 0 Å². The molecule has 1 aromatic heterocycles. The van der Waals surface area contributed by atoms with Crippen molar-refractivity contribution in [2.24, 2.45) is 17.3 Å². The number of Topliss-reactive ketones (excluding diaryl/α,β-unsaturated/α-hetero) is 1. The third kappa shape index (κ3) is 2.59. The van der Waals surface area contributed by atoms with Crippen LogP contribution >= 0.6 is 0 Å². The highest BCUT2D eigenvalue weighted by Gasteiger charge is 2.54. The van der Waals surface area contributed by atoms with Crippen LogP contribution in [0.15, 0.2) is 40.8 Å². The molecule has 0 bridgehead atoms. The zero-order chi connectivity index (χ0) is 20.5. The van der Waals surface area contributed by atoms with E-state index in [0.717, 1.165) is 55.3 Å². The first-order valence-corrected chi connectivity index (χ1v) is 11.3. The molecule has 6 rings (SSSR count). The largest absolute Gasteiger partial charge is 0.423 e. The summed E-state index contributed by atoms with van der Waals surface area (Å²) < 4.78 is 6.04. The summed E-state index contributed by atoms with van der Waals surface area (Å²) in [5, 5.41) is 3.31. The first kappa shape index (κ1) is 18.2. The Morgan fingerprint density at radius 1 is 1.07 bits per heavy atom. The van der Waals surface area contributed by atoms with Gasteiger partial charge in [-0.05, 0) is 86.1 Å². The predicted molar refractivity (Wildman–Crippen MR) is 118 cm³/mol. The average molecular weight is 401 g/mol. The molecule has 1 heterocycles. The molecule has 154 valence electrons. The fourth-order valence-corrected chi connectivity index (χ4v) is 6.65. The van der Waals surface area contributed by atoms with Gasteiger partial charge in [0.25, 0.3) is 6.01 Å². The van der Waals surface area contributed by atoms with Crippen molar-refractivity contribution in [2.75, 3.05) is 5.32 Å². The van der Waals surface area contributed by atoms with Crippen molar-refractivity contribution >= 4 is 28.6 Å². The Balaban J connectivity index is 1.34. The number of carbonyl (C=O) groups excluding carboxylic acids is 1. The van der Waals surface area contributed by atoms with Gasteiger partial charge in [0.2, 0.25) is 0 Å². The van der Waals surface area contributed by atoms with E-state index in [1.54, 1.807) is 0 Å². The lowest BCUT2D eigenvalue weighted by molar-refractivity contribution is -0.129. The maximum atomic E-state index is 12.6. The average Bonchev–Trinajstić information content (AvgIpc) is 3.29. The Kier molecular flexibility index (Phi) is 3.90. The van der Waals surface area contributed by atoms with Gasteiger partial charge in [0, 0.05) is 17.5 Å². The van der Waals surface area contributed by atoms with Crippen LogP contribution in [0.25, 0.3) is 11.1 Å². The maximum absolute atomic E-state index is 12.6. The molecule has 4 heteroatoms. The Bertz CT molecular complexity index is 1150. The highest BCUT2D eigenvalue weighted by molar-refractivity contribution is 5.87. The summed E-state index contributed by atoms with van der Waals surface area (Å²) in [5.41, 5.74) is 6.84. The van der Waals surface area contributed by atoms with Crippen molar-refractivity contribution in [3.63, 3.8) is 0 Å². The number of oxazole rings is 1. The van der Waals surface area contributed by atoms with Crippen LogP contribution in [0.5, 0.6) is 0 Å². The van der Waals surface area contributed by atoms with E-state index in [9.17, 15) is 4.79 Å². The van der Waals surface area contributed by atoms with Crippen LogP contribution in [-0.2, 0) is 11.2 Å². The second-order valence-electron chi connectivity index (χ2n) is 9.82. The molecule has 0 aliphatic heterocycles. The van der Waals surface area contributed by atoms with E-state index in [1.165, 1.54) is 16.7 Å². The van der Waals surface area contributed by atoms with Gasteiger partial charge in [0.1, 0.15) is 11.3 Å². The molecule has 0 amide bonds. The molecule has 1 N–H and O–H groups in total. The van der Waals surface area contributed by atoms with Gasteiger partial charge in [0.15, 0.2) is 5.58 Å². The predicted octanol–water partition coefficient (Wildman–Crippen LogP) is 6.31. The lowest BCUT2D eigenvalue weighted by atomic mass is 9.55. The van der Waals surface area contributed by atoms with Crippen LogP contribution in [0.1, 0.15) is 61.6 Å². The number of nitrogens with one attached hydrogen (secondary N) is 1. The lowest BCUT2D eigenvalue weighted by Crippen LogP contribution is -2.42. The number of rotatable bonds is 2. The molecule has 0 saturated heterocycles. The minimum atomic E-state index is -0.0677. The lowest BCUT2D eigenvalue weighted by Gasteiger charge is -2.48. The van der Waals surface area contributed by atoms with E-state index >= 15 is 0 Å². The minimum Gasteiger partial charge on any atom is -0.423 e. The molecule has 4 nitrogen and oxygen atoms in total. The summed E-state index contributed by atoms with van der Waals surface area (Å²) in [6.07, 6.45) is 6.22. The number of hydrogen-bond acceptors (Lipinski definition) is 4. The Hall–Kier alpha value is -2.62. The monoisotopic (exact) mass is 400 g/mol. The number of anilines is 2. The summed E-state index contributed by atoms with van der Waals surface area (Å²) in [7, 11) is 0. The molecule has 0 spiro atoms. The number of hydrogen-bond donors (Lipinski definition) is 1. The Morgan fingerprint density at radius 2 is 1.90 bits per heavy atom. The molecule has 2 aromatic carbocycles. The molecule has 2 fully saturated rings. The summed E-state index contributed by atoms with van der Waals surface area (Å²) in [6, 6.07) is 13.2. The van der Waals surface area contributed by atoms with Gasteiger partial charge in [-0.25, -0.2) is 0 Å². The number of ketones is 1. The quantitative estimate of drug-likeness (QED) is 0.548. The van der Waals surface area contributed by atoms with Crippen molar-refractivity contribution in [3.8, 4) is 0 Å². The number of fused-ring (bicyclic) bond motifs is 7. The third-order valence-corrected chi connectivity index (χ3v) is 8.28. The first-order chi connectivity index (χ1) is 14.5. The zero-order valence-electron chi connectivity index (χ0n) is 17.7. The highest BCUT2D eigenvalue weighted by Crippen LogP contribution is 2.59. The van der Waals surface area contributed by atoms with Crippen LogP contribution in [0, 0.1) is 24.2 Å².